The summed E-state index contributed by atoms with van der Waals surface area (Å²) in [7, 11) is -1.98. The second-order valence-corrected chi connectivity index (χ2v) is 9.95. The molecule has 1 aliphatic rings. The van der Waals surface area contributed by atoms with Gasteiger partial charge in [0.2, 0.25) is 8.24 Å². The summed E-state index contributed by atoms with van der Waals surface area (Å²) in [5.41, 5.74) is 0. The predicted molar refractivity (Wildman–Crippen MR) is 98.9 cm³/mol. The minimum atomic E-state index is -1.98. The van der Waals surface area contributed by atoms with Crippen LogP contribution in [0.1, 0.15) is 6.42 Å². The standard InChI is InChI=1S/C20H20N2Si/c1-3-10-18(11-4-1)23(19-12-5-2-6-13-19)17-9-16-22(23)20-14-7-8-15-21-20/h1-8,10-15H,9,16-17H2. The van der Waals surface area contributed by atoms with Crippen LogP contribution < -0.4 is 14.9 Å². The number of hydrogen-bond acceptors (Lipinski definition) is 2. The van der Waals surface area contributed by atoms with Crippen molar-refractivity contribution in [1.29, 1.82) is 0 Å². The molecule has 2 heterocycles. The molecule has 0 aliphatic carbocycles. The summed E-state index contributed by atoms with van der Waals surface area (Å²) in [6.45, 7) is 1.09. The zero-order valence-corrected chi connectivity index (χ0v) is 14.1. The summed E-state index contributed by atoms with van der Waals surface area (Å²) in [4.78, 5) is 4.67. The Hall–Kier alpha value is -2.39. The third-order valence-electron chi connectivity index (χ3n) is 4.81. The molecule has 2 aromatic carbocycles. The van der Waals surface area contributed by atoms with Crippen LogP contribution in [0.3, 0.4) is 0 Å². The molecule has 4 rings (SSSR count). The Morgan fingerprint density at radius 1 is 0.739 bits per heavy atom. The molecule has 3 heteroatoms. The van der Waals surface area contributed by atoms with E-state index in [1.807, 2.05) is 12.3 Å². The van der Waals surface area contributed by atoms with Gasteiger partial charge in [0.1, 0.15) is 5.82 Å². The van der Waals surface area contributed by atoms with E-state index in [0.717, 1.165) is 12.4 Å². The maximum absolute atomic E-state index is 4.67. The molecule has 0 amide bonds. The van der Waals surface area contributed by atoms with Crippen LogP contribution in [0.5, 0.6) is 0 Å². The predicted octanol–water partition coefficient (Wildman–Crippen LogP) is 3.05. The molecule has 1 aromatic heterocycles. The van der Waals surface area contributed by atoms with Crippen LogP contribution in [0.2, 0.25) is 6.04 Å². The molecule has 0 unspecified atom stereocenters. The van der Waals surface area contributed by atoms with Gasteiger partial charge in [0.15, 0.2) is 0 Å². The van der Waals surface area contributed by atoms with Gasteiger partial charge in [0.05, 0.1) is 0 Å². The van der Waals surface area contributed by atoms with Crippen molar-refractivity contribution in [2.45, 2.75) is 12.5 Å². The molecule has 0 atom stereocenters. The van der Waals surface area contributed by atoms with E-state index in [0.29, 0.717) is 0 Å². The average Bonchev–Trinajstić information content (AvgIpc) is 3.10. The largest absolute Gasteiger partial charge is 0.375 e. The van der Waals surface area contributed by atoms with E-state index in [1.54, 1.807) is 0 Å². The second kappa shape index (κ2) is 6.01. The number of aromatic nitrogens is 1. The van der Waals surface area contributed by atoms with Crippen LogP contribution in [-0.2, 0) is 0 Å². The Balaban J connectivity index is 1.93. The number of anilines is 1. The van der Waals surface area contributed by atoms with Crippen LogP contribution in [0.15, 0.2) is 85.1 Å². The Kier molecular flexibility index (Phi) is 3.71. The number of nitrogens with zero attached hydrogens (tertiary/aromatic N) is 2. The van der Waals surface area contributed by atoms with Gasteiger partial charge in [-0.15, -0.1) is 0 Å². The fourth-order valence-electron chi connectivity index (χ4n) is 3.84. The first-order valence-electron chi connectivity index (χ1n) is 8.21. The molecule has 1 aliphatic heterocycles. The third-order valence-corrected chi connectivity index (χ3v) is 9.84. The van der Waals surface area contributed by atoms with Crippen LogP contribution >= 0.6 is 0 Å². The highest BCUT2D eigenvalue weighted by Crippen LogP contribution is 2.30. The minimum Gasteiger partial charge on any atom is -0.375 e. The summed E-state index contributed by atoms with van der Waals surface area (Å²) in [5.74, 6) is 1.12. The van der Waals surface area contributed by atoms with Crippen molar-refractivity contribution in [3.05, 3.63) is 85.1 Å². The molecule has 1 saturated heterocycles. The first-order chi connectivity index (χ1) is 11.4. The summed E-state index contributed by atoms with van der Waals surface area (Å²) < 4.78 is 2.61. The van der Waals surface area contributed by atoms with E-state index >= 15 is 0 Å². The fraction of sp³-hybridized carbons (Fsp3) is 0.150. The number of pyridine rings is 1. The number of hydrogen-bond donors (Lipinski definition) is 0. The van der Waals surface area contributed by atoms with Crippen molar-refractivity contribution in [3.63, 3.8) is 0 Å². The third kappa shape index (κ3) is 2.37. The zero-order chi connectivity index (χ0) is 15.5. The lowest BCUT2D eigenvalue weighted by Crippen LogP contribution is -2.67. The highest BCUT2D eigenvalue weighted by Gasteiger charge is 2.47. The SMILES string of the molecule is c1ccc([Si]2(c3ccccc3)CCCN2c2ccccn2)cc1. The Morgan fingerprint density at radius 3 is 1.91 bits per heavy atom. The quantitative estimate of drug-likeness (QED) is 0.691. The molecule has 0 N–H and O–H groups in total. The van der Waals surface area contributed by atoms with E-state index in [2.05, 4.69) is 82.3 Å². The molecule has 0 radical (unpaired) electrons. The lowest BCUT2D eigenvalue weighted by Gasteiger charge is -2.38. The first-order valence-corrected chi connectivity index (χ1v) is 10.4. The van der Waals surface area contributed by atoms with Gasteiger partial charge in [-0.25, -0.2) is 4.98 Å². The molecular weight excluding hydrogens is 296 g/mol. The summed E-state index contributed by atoms with van der Waals surface area (Å²) >= 11 is 0. The molecule has 23 heavy (non-hydrogen) atoms. The van der Waals surface area contributed by atoms with Gasteiger partial charge < -0.3 is 4.57 Å². The summed E-state index contributed by atoms with van der Waals surface area (Å²) in [5, 5.41) is 2.96. The number of benzene rings is 2. The average molecular weight is 316 g/mol. The maximum atomic E-state index is 4.67. The lowest BCUT2D eigenvalue weighted by molar-refractivity contribution is 0.966. The Bertz CT molecular complexity index is 720. The topological polar surface area (TPSA) is 16.1 Å². The Labute approximate surface area is 138 Å². The molecule has 2 nitrogen and oxygen atoms in total. The van der Waals surface area contributed by atoms with E-state index in [1.165, 1.54) is 22.8 Å². The molecule has 114 valence electrons. The van der Waals surface area contributed by atoms with E-state index < -0.39 is 8.24 Å². The first kappa shape index (κ1) is 14.2. The summed E-state index contributed by atoms with van der Waals surface area (Å²) in [6.07, 6.45) is 3.13. The van der Waals surface area contributed by atoms with Gasteiger partial charge in [0, 0.05) is 12.7 Å². The molecule has 0 saturated carbocycles. The molecule has 0 bridgehead atoms. The van der Waals surface area contributed by atoms with Gasteiger partial charge >= 0.3 is 0 Å². The zero-order valence-electron chi connectivity index (χ0n) is 13.1. The van der Waals surface area contributed by atoms with Gasteiger partial charge in [-0.1, -0.05) is 66.7 Å². The van der Waals surface area contributed by atoms with Crippen LogP contribution in [-0.4, -0.2) is 19.8 Å². The van der Waals surface area contributed by atoms with E-state index in [4.69, 9.17) is 0 Å². The van der Waals surface area contributed by atoms with Crippen LogP contribution in [0, 0.1) is 0 Å². The molecule has 1 fully saturated rings. The van der Waals surface area contributed by atoms with Crippen molar-refractivity contribution in [2.75, 3.05) is 11.1 Å². The number of rotatable bonds is 3. The fourth-order valence-corrected chi connectivity index (χ4v) is 8.86. The normalized spacial score (nSPS) is 16.4. The smallest absolute Gasteiger partial charge is 0.221 e. The minimum absolute atomic E-state index is 1.09. The molecule has 3 aromatic rings. The van der Waals surface area contributed by atoms with E-state index in [9.17, 15) is 0 Å². The maximum Gasteiger partial charge on any atom is 0.221 e. The van der Waals surface area contributed by atoms with Crippen LogP contribution in [0.4, 0.5) is 5.82 Å². The van der Waals surface area contributed by atoms with E-state index in [-0.39, 0.29) is 0 Å². The van der Waals surface area contributed by atoms with Gasteiger partial charge in [-0.3, -0.25) is 0 Å². The second-order valence-electron chi connectivity index (χ2n) is 6.04. The highest BCUT2D eigenvalue weighted by atomic mass is 28.3. The van der Waals surface area contributed by atoms with Gasteiger partial charge in [0.25, 0.3) is 0 Å². The molecular formula is C20H20N2Si. The van der Waals surface area contributed by atoms with Crippen molar-refractivity contribution in [2.24, 2.45) is 0 Å². The monoisotopic (exact) mass is 316 g/mol. The molecule has 0 spiro atoms. The summed E-state index contributed by atoms with van der Waals surface area (Å²) in [6, 6.07) is 29.6. The van der Waals surface area contributed by atoms with Crippen molar-refractivity contribution >= 4 is 24.4 Å². The van der Waals surface area contributed by atoms with Gasteiger partial charge in [-0.05, 0) is 35.0 Å². The van der Waals surface area contributed by atoms with Crippen LogP contribution in [0.25, 0.3) is 0 Å². The highest BCUT2D eigenvalue weighted by molar-refractivity contribution is 7.05. The van der Waals surface area contributed by atoms with Gasteiger partial charge in [-0.2, -0.15) is 0 Å². The van der Waals surface area contributed by atoms with Crippen molar-refractivity contribution in [3.8, 4) is 0 Å². The van der Waals surface area contributed by atoms with Crippen molar-refractivity contribution < 1.29 is 0 Å². The lowest BCUT2D eigenvalue weighted by atomic mass is 10.4. The Morgan fingerprint density at radius 2 is 1.35 bits per heavy atom. The van der Waals surface area contributed by atoms with Crippen molar-refractivity contribution in [1.82, 2.24) is 4.98 Å².